The first-order valence-corrected chi connectivity index (χ1v) is 8.45. The van der Waals surface area contributed by atoms with Gasteiger partial charge in [-0.15, -0.1) is 0 Å². The SMILES string of the molecule is c1ccc(CN(Cc2noc(C3CCCO3)n2)Cc2ccco2)nc1. The third-order valence-corrected chi connectivity index (χ3v) is 4.13. The maximum Gasteiger partial charge on any atom is 0.255 e. The zero-order chi connectivity index (χ0) is 16.9. The van der Waals surface area contributed by atoms with E-state index in [4.69, 9.17) is 13.7 Å². The lowest BCUT2D eigenvalue weighted by atomic mass is 10.2. The average molecular weight is 340 g/mol. The van der Waals surface area contributed by atoms with Crippen LogP contribution in [0.2, 0.25) is 0 Å². The molecule has 25 heavy (non-hydrogen) atoms. The second kappa shape index (κ2) is 7.58. The summed E-state index contributed by atoms with van der Waals surface area (Å²) in [5, 5.41) is 4.11. The summed E-state index contributed by atoms with van der Waals surface area (Å²) in [5.74, 6) is 2.11. The molecule has 0 aromatic carbocycles. The van der Waals surface area contributed by atoms with E-state index < -0.39 is 0 Å². The van der Waals surface area contributed by atoms with Gasteiger partial charge < -0.3 is 13.7 Å². The zero-order valence-electron chi connectivity index (χ0n) is 13.9. The van der Waals surface area contributed by atoms with E-state index in [9.17, 15) is 0 Å². The van der Waals surface area contributed by atoms with Crippen molar-refractivity contribution in [3.8, 4) is 0 Å². The summed E-state index contributed by atoms with van der Waals surface area (Å²) >= 11 is 0. The predicted molar refractivity (Wildman–Crippen MR) is 88.1 cm³/mol. The van der Waals surface area contributed by atoms with Gasteiger partial charge in [-0.2, -0.15) is 4.98 Å². The summed E-state index contributed by atoms with van der Waals surface area (Å²) in [5.41, 5.74) is 0.983. The molecule has 0 spiro atoms. The van der Waals surface area contributed by atoms with Gasteiger partial charge in [0, 0.05) is 19.3 Å². The van der Waals surface area contributed by atoms with Crippen molar-refractivity contribution >= 4 is 0 Å². The molecule has 7 heteroatoms. The van der Waals surface area contributed by atoms with Gasteiger partial charge in [-0.3, -0.25) is 9.88 Å². The Morgan fingerprint density at radius 2 is 2.12 bits per heavy atom. The topological polar surface area (TPSA) is 77.4 Å². The molecule has 0 bridgehead atoms. The summed E-state index contributed by atoms with van der Waals surface area (Å²) in [6, 6.07) is 9.74. The lowest BCUT2D eigenvalue weighted by Crippen LogP contribution is -2.23. The number of nitrogens with zero attached hydrogens (tertiary/aromatic N) is 4. The van der Waals surface area contributed by atoms with Crippen molar-refractivity contribution in [3.05, 3.63) is 66.0 Å². The molecule has 0 aliphatic carbocycles. The van der Waals surface area contributed by atoms with Crippen molar-refractivity contribution in [1.82, 2.24) is 20.0 Å². The fraction of sp³-hybridized carbons (Fsp3) is 0.389. The van der Waals surface area contributed by atoms with E-state index in [1.165, 1.54) is 0 Å². The minimum absolute atomic E-state index is 0.0597. The summed E-state index contributed by atoms with van der Waals surface area (Å²) in [4.78, 5) is 11.1. The smallest absolute Gasteiger partial charge is 0.255 e. The van der Waals surface area contributed by atoms with Crippen LogP contribution >= 0.6 is 0 Å². The number of aromatic nitrogens is 3. The van der Waals surface area contributed by atoms with Gasteiger partial charge in [-0.25, -0.2) is 0 Å². The van der Waals surface area contributed by atoms with Crippen LogP contribution in [-0.4, -0.2) is 26.6 Å². The summed E-state index contributed by atoms with van der Waals surface area (Å²) in [6.07, 6.45) is 5.39. The molecular weight excluding hydrogens is 320 g/mol. The van der Waals surface area contributed by atoms with Gasteiger partial charge in [0.25, 0.3) is 5.89 Å². The van der Waals surface area contributed by atoms with Gasteiger partial charge in [-0.05, 0) is 37.1 Å². The van der Waals surface area contributed by atoms with Crippen molar-refractivity contribution < 1.29 is 13.7 Å². The molecular formula is C18H20N4O3. The number of ether oxygens (including phenoxy) is 1. The molecule has 0 radical (unpaired) electrons. The molecule has 1 aliphatic rings. The van der Waals surface area contributed by atoms with Gasteiger partial charge in [0.15, 0.2) is 5.82 Å². The predicted octanol–water partition coefficient (Wildman–Crippen LogP) is 3.11. The van der Waals surface area contributed by atoms with Crippen molar-refractivity contribution in [2.75, 3.05) is 6.61 Å². The van der Waals surface area contributed by atoms with Crippen LogP contribution in [0.5, 0.6) is 0 Å². The first-order valence-electron chi connectivity index (χ1n) is 8.45. The minimum atomic E-state index is -0.0597. The van der Waals surface area contributed by atoms with E-state index in [1.54, 1.807) is 12.5 Å². The van der Waals surface area contributed by atoms with Crippen LogP contribution in [0.25, 0.3) is 0 Å². The van der Waals surface area contributed by atoms with Crippen molar-refractivity contribution in [3.63, 3.8) is 0 Å². The molecule has 130 valence electrons. The molecule has 4 rings (SSSR count). The average Bonchev–Trinajstić information content (AvgIpc) is 3.38. The van der Waals surface area contributed by atoms with Gasteiger partial charge in [0.1, 0.15) is 11.9 Å². The molecule has 7 nitrogen and oxygen atoms in total. The fourth-order valence-corrected chi connectivity index (χ4v) is 2.95. The first-order chi connectivity index (χ1) is 12.4. The summed E-state index contributed by atoms with van der Waals surface area (Å²) in [7, 11) is 0. The van der Waals surface area contributed by atoms with E-state index >= 15 is 0 Å². The second-order valence-corrected chi connectivity index (χ2v) is 6.10. The van der Waals surface area contributed by atoms with Crippen LogP contribution in [-0.2, 0) is 24.4 Å². The maximum atomic E-state index is 5.60. The monoisotopic (exact) mass is 340 g/mol. The number of furan rings is 1. The van der Waals surface area contributed by atoms with Crippen LogP contribution in [0.3, 0.4) is 0 Å². The second-order valence-electron chi connectivity index (χ2n) is 6.10. The Bertz CT molecular complexity index is 767. The largest absolute Gasteiger partial charge is 0.468 e. The summed E-state index contributed by atoms with van der Waals surface area (Å²) in [6.45, 7) is 2.62. The third-order valence-electron chi connectivity index (χ3n) is 4.13. The number of rotatable bonds is 7. The van der Waals surface area contributed by atoms with Gasteiger partial charge in [-0.1, -0.05) is 11.2 Å². The Morgan fingerprint density at radius 1 is 1.12 bits per heavy atom. The Morgan fingerprint density at radius 3 is 2.88 bits per heavy atom. The third kappa shape index (κ3) is 4.12. The van der Waals surface area contributed by atoms with Gasteiger partial charge in [0.05, 0.1) is 25.0 Å². The van der Waals surface area contributed by atoms with E-state index in [-0.39, 0.29) is 6.10 Å². The highest BCUT2D eigenvalue weighted by Crippen LogP contribution is 2.27. The molecule has 1 fully saturated rings. The molecule has 1 saturated heterocycles. The molecule has 1 aliphatic heterocycles. The normalized spacial score (nSPS) is 17.4. The van der Waals surface area contributed by atoms with E-state index in [1.807, 2.05) is 30.3 Å². The Labute approximate surface area is 145 Å². The van der Waals surface area contributed by atoms with Gasteiger partial charge in [0.2, 0.25) is 0 Å². The lowest BCUT2D eigenvalue weighted by Gasteiger charge is -2.18. The highest BCUT2D eigenvalue weighted by atomic mass is 16.5. The number of hydrogen-bond acceptors (Lipinski definition) is 7. The molecule has 0 amide bonds. The maximum absolute atomic E-state index is 5.60. The van der Waals surface area contributed by atoms with Crippen molar-refractivity contribution in [2.45, 2.75) is 38.6 Å². The van der Waals surface area contributed by atoms with E-state index in [0.717, 1.165) is 30.9 Å². The molecule has 3 aromatic rings. The number of hydrogen-bond donors (Lipinski definition) is 0. The molecule has 1 unspecified atom stereocenters. The van der Waals surface area contributed by atoms with E-state index in [0.29, 0.717) is 31.3 Å². The van der Waals surface area contributed by atoms with Crippen LogP contribution in [0, 0.1) is 0 Å². The Balaban J connectivity index is 1.47. The first kappa shape index (κ1) is 16.0. The highest BCUT2D eigenvalue weighted by molar-refractivity contribution is 5.05. The van der Waals surface area contributed by atoms with Crippen LogP contribution < -0.4 is 0 Å². The van der Waals surface area contributed by atoms with E-state index in [2.05, 4.69) is 20.0 Å². The number of pyridine rings is 1. The minimum Gasteiger partial charge on any atom is -0.468 e. The quantitative estimate of drug-likeness (QED) is 0.654. The van der Waals surface area contributed by atoms with Crippen LogP contribution in [0.4, 0.5) is 0 Å². The Kier molecular flexibility index (Phi) is 4.85. The fourth-order valence-electron chi connectivity index (χ4n) is 2.95. The molecule has 4 heterocycles. The lowest BCUT2D eigenvalue weighted by molar-refractivity contribution is 0.0835. The van der Waals surface area contributed by atoms with Crippen LogP contribution in [0.15, 0.2) is 51.7 Å². The zero-order valence-corrected chi connectivity index (χ0v) is 13.9. The Hall–Kier alpha value is -2.51. The molecule has 0 saturated carbocycles. The van der Waals surface area contributed by atoms with Gasteiger partial charge >= 0.3 is 0 Å². The van der Waals surface area contributed by atoms with Crippen molar-refractivity contribution in [1.29, 1.82) is 0 Å². The van der Waals surface area contributed by atoms with Crippen molar-refractivity contribution in [2.24, 2.45) is 0 Å². The molecule has 0 N–H and O–H groups in total. The standard InChI is InChI=1S/C18H20N4O3/c1-2-8-19-14(5-1)11-22(12-15-6-3-9-23-15)13-17-20-18(25-21-17)16-7-4-10-24-16/h1-3,5-6,8-9,16H,4,7,10-13H2. The van der Waals surface area contributed by atoms with Crippen LogP contribution in [0.1, 0.15) is 42.1 Å². The molecule has 1 atom stereocenters. The highest BCUT2D eigenvalue weighted by Gasteiger charge is 2.24. The summed E-state index contributed by atoms with van der Waals surface area (Å²) < 4.78 is 16.5. The molecule has 3 aromatic heterocycles.